The van der Waals surface area contributed by atoms with Crippen LogP contribution in [-0.4, -0.2) is 24.2 Å². The fourth-order valence-corrected chi connectivity index (χ4v) is 1.32. The van der Waals surface area contributed by atoms with Gasteiger partial charge in [0.15, 0.2) is 0 Å². The first-order valence-electron chi connectivity index (χ1n) is 5.57. The number of pyridine rings is 1. The average molecular weight is 238 g/mol. The fourth-order valence-electron chi connectivity index (χ4n) is 1.32. The van der Waals surface area contributed by atoms with Crippen LogP contribution in [0, 0.1) is 0 Å². The van der Waals surface area contributed by atoms with Crippen LogP contribution in [0.15, 0.2) is 18.3 Å². The van der Waals surface area contributed by atoms with Gasteiger partial charge in [0.2, 0.25) is 5.88 Å². The average Bonchev–Trinajstić information content (AvgIpc) is 2.30. The van der Waals surface area contributed by atoms with E-state index in [1.54, 1.807) is 26.0 Å². The zero-order valence-electron chi connectivity index (χ0n) is 10.4. The van der Waals surface area contributed by atoms with Gasteiger partial charge in [-0.25, -0.2) is 9.78 Å². The summed E-state index contributed by atoms with van der Waals surface area (Å²) in [5.41, 5.74) is 5.35. The van der Waals surface area contributed by atoms with Crippen LogP contribution in [0.5, 0.6) is 5.88 Å². The minimum Gasteiger partial charge on any atom is -0.478 e. The molecule has 0 aliphatic carbocycles. The molecule has 94 valence electrons. The molecule has 1 unspecified atom stereocenters. The Bertz CT molecular complexity index is 374. The number of hydrogen-bond donors (Lipinski definition) is 1. The second kappa shape index (κ2) is 5.63. The van der Waals surface area contributed by atoms with Gasteiger partial charge in [0.25, 0.3) is 0 Å². The Balaban J connectivity index is 2.87. The van der Waals surface area contributed by atoms with Crippen LogP contribution in [0.25, 0.3) is 0 Å². The van der Waals surface area contributed by atoms with E-state index in [0.29, 0.717) is 24.7 Å². The zero-order chi connectivity index (χ0) is 12.9. The lowest BCUT2D eigenvalue weighted by Gasteiger charge is -2.22. The van der Waals surface area contributed by atoms with Crippen LogP contribution in [0.1, 0.15) is 26.3 Å². The number of aromatic nitrogens is 1. The Morgan fingerprint density at radius 3 is 2.59 bits per heavy atom. The smallest absolute Gasteiger partial charge is 0.330 e. The molecule has 5 nitrogen and oxygen atoms in total. The molecular weight excluding hydrogens is 220 g/mol. The van der Waals surface area contributed by atoms with Crippen molar-refractivity contribution in [2.24, 2.45) is 5.73 Å². The molecule has 0 saturated heterocycles. The highest BCUT2D eigenvalue weighted by Gasteiger charge is 2.32. The molecule has 0 fully saturated rings. The molecule has 0 saturated carbocycles. The Morgan fingerprint density at radius 1 is 1.41 bits per heavy atom. The molecule has 1 rings (SSSR count). The number of esters is 1. The summed E-state index contributed by atoms with van der Waals surface area (Å²) < 4.78 is 10.1. The summed E-state index contributed by atoms with van der Waals surface area (Å²) in [5.74, 6) is 0.0434. The number of carbonyl (C=O) groups excluding carboxylic acids is 1. The van der Waals surface area contributed by atoms with E-state index in [1.807, 2.05) is 6.92 Å². The normalized spacial score (nSPS) is 13.9. The number of ether oxygens (including phenoxy) is 2. The number of nitrogens with zero attached hydrogens (tertiary/aromatic N) is 1. The van der Waals surface area contributed by atoms with E-state index in [0.717, 1.165) is 0 Å². The summed E-state index contributed by atoms with van der Waals surface area (Å²) in [6.45, 7) is 6.06. The molecule has 0 aromatic carbocycles. The van der Waals surface area contributed by atoms with Crippen molar-refractivity contribution in [1.82, 2.24) is 4.98 Å². The van der Waals surface area contributed by atoms with Crippen LogP contribution in [0.2, 0.25) is 0 Å². The molecule has 1 aromatic rings. The second-order valence-electron chi connectivity index (χ2n) is 3.74. The summed E-state index contributed by atoms with van der Waals surface area (Å²) in [7, 11) is 0. The van der Waals surface area contributed by atoms with Crippen LogP contribution >= 0.6 is 0 Å². The Labute approximate surface area is 101 Å². The molecule has 1 atom stereocenters. The molecule has 0 radical (unpaired) electrons. The Morgan fingerprint density at radius 2 is 2.12 bits per heavy atom. The molecule has 17 heavy (non-hydrogen) atoms. The first-order chi connectivity index (χ1) is 8.02. The van der Waals surface area contributed by atoms with Gasteiger partial charge in [-0.15, -0.1) is 0 Å². The van der Waals surface area contributed by atoms with Crippen molar-refractivity contribution in [3.05, 3.63) is 23.9 Å². The van der Waals surface area contributed by atoms with Crippen molar-refractivity contribution in [2.75, 3.05) is 13.2 Å². The van der Waals surface area contributed by atoms with Gasteiger partial charge < -0.3 is 15.2 Å². The third-order valence-electron chi connectivity index (χ3n) is 2.33. The van der Waals surface area contributed by atoms with Crippen molar-refractivity contribution < 1.29 is 14.3 Å². The maximum atomic E-state index is 11.7. The molecule has 5 heteroatoms. The van der Waals surface area contributed by atoms with Crippen molar-refractivity contribution >= 4 is 5.97 Å². The van der Waals surface area contributed by atoms with Gasteiger partial charge in [-0.05, 0) is 26.8 Å². The second-order valence-corrected chi connectivity index (χ2v) is 3.74. The molecular formula is C12H18N2O3. The summed E-state index contributed by atoms with van der Waals surface area (Å²) in [4.78, 5) is 15.7. The van der Waals surface area contributed by atoms with Gasteiger partial charge in [-0.2, -0.15) is 0 Å². The van der Waals surface area contributed by atoms with Crippen molar-refractivity contribution in [3.63, 3.8) is 0 Å². The van der Waals surface area contributed by atoms with E-state index in [-0.39, 0.29) is 0 Å². The van der Waals surface area contributed by atoms with E-state index in [9.17, 15) is 4.79 Å². The minimum absolute atomic E-state index is 0.302. The minimum atomic E-state index is -1.19. The largest absolute Gasteiger partial charge is 0.478 e. The van der Waals surface area contributed by atoms with Gasteiger partial charge in [0.1, 0.15) is 5.54 Å². The van der Waals surface area contributed by atoms with Crippen LogP contribution in [0.4, 0.5) is 0 Å². The summed E-state index contributed by atoms with van der Waals surface area (Å²) in [6.07, 6.45) is 1.53. The highest BCUT2D eigenvalue weighted by Crippen LogP contribution is 2.20. The molecule has 0 aliphatic rings. The summed E-state index contributed by atoms with van der Waals surface area (Å²) >= 11 is 0. The third kappa shape index (κ3) is 3.17. The highest BCUT2D eigenvalue weighted by molar-refractivity contribution is 5.81. The van der Waals surface area contributed by atoms with Crippen molar-refractivity contribution in [2.45, 2.75) is 26.3 Å². The molecule has 0 spiro atoms. The zero-order valence-corrected chi connectivity index (χ0v) is 10.4. The molecule has 2 N–H and O–H groups in total. The molecule has 0 bridgehead atoms. The van der Waals surface area contributed by atoms with Crippen molar-refractivity contribution in [3.8, 4) is 5.88 Å². The standard InChI is InChI=1S/C12H18N2O3/c1-4-16-10-7-6-9(8-14-10)12(3,13)11(15)17-5-2/h6-8H,4-5,13H2,1-3H3. The first kappa shape index (κ1) is 13.4. The van der Waals surface area contributed by atoms with Crippen LogP contribution < -0.4 is 10.5 Å². The van der Waals surface area contributed by atoms with E-state index >= 15 is 0 Å². The highest BCUT2D eigenvalue weighted by atomic mass is 16.5. The quantitative estimate of drug-likeness (QED) is 0.780. The van der Waals surface area contributed by atoms with E-state index in [2.05, 4.69) is 4.98 Å². The predicted molar refractivity (Wildman–Crippen MR) is 63.6 cm³/mol. The van der Waals surface area contributed by atoms with E-state index in [4.69, 9.17) is 15.2 Å². The van der Waals surface area contributed by atoms with Gasteiger partial charge in [0.05, 0.1) is 13.2 Å². The summed E-state index contributed by atoms with van der Waals surface area (Å²) in [5, 5.41) is 0. The monoisotopic (exact) mass is 238 g/mol. The van der Waals surface area contributed by atoms with Gasteiger partial charge in [-0.1, -0.05) is 0 Å². The molecule has 1 aromatic heterocycles. The van der Waals surface area contributed by atoms with Gasteiger partial charge >= 0.3 is 5.97 Å². The lowest BCUT2D eigenvalue weighted by molar-refractivity contribution is -0.149. The SMILES string of the molecule is CCOC(=O)C(C)(N)c1ccc(OCC)nc1. The maximum Gasteiger partial charge on any atom is 0.330 e. The Hall–Kier alpha value is -1.62. The van der Waals surface area contributed by atoms with Gasteiger partial charge in [-0.3, -0.25) is 0 Å². The number of nitrogens with two attached hydrogens (primary N) is 1. The van der Waals surface area contributed by atoms with Gasteiger partial charge in [0, 0.05) is 17.8 Å². The summed E-state index contributed by atoms with van der Waals surface area (Å²) in [6, 6.07) is 3.40. The van der Waals surface area contributed by atoms with Crippen LogP contribution in [0.3, 0.4) is 0 Å². The maximum absolute atomic E-state index is 11.7. The van der Waals surface area contributed by atoms with Crippen LogP contribution in [-0.2, 0) is 15.1 Å². The lowest BCUT2D eigenvalue weighted by atomic mass is 9.95. The lowest BCUT2D eigenvalue weighted by Crippen LogP contribution is -2.43. The third-order valence-corrected chi connectivity index (χ3v) is 2.33. The molecule has 1 heterocycles. The fraction of sp³-hybridized carbons (Fsp3) is 0.500. The molecule has 0 amide bonds. The number of rotatable bonds is 5. The van der Waals surface area contributed by atoms with E-state index in [1.165, 1.54) is 6.20 Å². The molecule has 0 aliphatic heterocycles. The topological polar surface area (TPSA) is 74.4 Å². The van der Waals surface area contributed by atoms with E-state index < -0.39 is 11.5 Å². The first-order valence-corrected chi connectivity index (χ1v) is 5.57. The Kier molecular flexibility index (Phi) is 4.45. The van der Waals surface area contributed by atoms with Crippen molar-refractivity contribution in [1.29, 1.82) is 0 Å². The predicted octanol–water partition coefficient (Wildman–Crippen LogP) is 1.22. The number of carbonyl (C=O) groups is 1. The number of hydrogen-bond acceptors (Lipinski definition) is 5.